The van der Waals surface area contributed by atoms with Crippen LogP contribution in [0.5, 0.6) is 5.75 Å². The van der Waals surface area contributed by atoms with Gasteiger partial charge in [-0.3, -0.25) is 9.10 Å². The van der Waals surface area contributed by atoms with Gasteiger partial charge in [0, 0.05) is 4.90 Å². The molecule has 0 saturated carbocycles. The molecular formula is C25H27FN2O4S2. The minimum Gasteiger partial charge on any atom is -0.494 e. The van der Waals surface area contributed by atoms with Gasteiger partial charge in [0.1, 0.15) is 18.1 Å². The van der Waals surface area contributed by atoms with Crippen molar-refractivity contribution in [2.24, 2.45) is 0 Å². The van der Waals surface area contributed by atoms with Gasteiger partial charge in [0.15, 0.2) is 0 Å². The highest BCUT2D eigenvalue weighted by Crippen LogP contribution is 2.26. The van der Waals surface area contributed by atoms with Crippen LogP contribution in [-0.2, 0) is 14.8 Å². The molecule has 0 radical (unpaired) electrons. The summed E-state index contributed by atoms with van der Waals surface area (Å²) in [4.78, 5) is 13.8. The van der Waals surface area contributed by atoms with Crippen molar-refractivity contribution in [3.8, 4) is 5.75 Å². The Hall–Kier alpha value is -3.04. The lowest BCUT2D eigenvalue weighted by Gasteiger charge is -2.25. The summed E-state index contributed by atoms with van der Waals surface area (Å²) in [6.07, 6.45) is 1.89. The standard InChI is InChI=1S/C25H27FN2O4S2/c1-4-32-22-10-8-19(9-11-22)18(2)27-25(29)17-28(21-7-5-6-20(26)16-21)34(30,31)24-14-12-23(33-3)13-15-24/h5-16,18H,4,17H2,1-3H3,(H,27,29). The minimum absolute atomic E-state index is 0.0157. The number of amides is 1. The predicted octanol–water partition coefficient (Wildman–Crippen LogP) is 5.02. The topological polar surface area (TPSA) is 75.7 Å². The Morgan fingerprint density at radius 1 is 1.09 bits per heavy atom. The highest BCUT2D eigenvalue weighted by atomic mass is 32.2. The zero-order chi connectivity index (χ0) is 24.7. The first-order valence-electron chi connectivity index (χ1n) is 10.7. The number of thioether (sulfide) groups is 1. The zero-order valence-electron chi connectivity index (χ0n) is 19.2. The maximum atomic E-state index is 13.9. The normalized spacial score (nSPS) is 12.1. The second kappa shape index (κ2) is 11.4. The van der Waals surface area contributed by atoms with Crippen molar-refractivity contribution in [3.63, 3.8) is 0 Å². The number of anilines is 1. The van der Waals surface area contributed by atoms with E-state index in [4.69, 9.17) is 4.74 Å². The van der Waals surface area contributed by atoms with E-state index in [2.05, 4.69) is 5.32 Å². The van der Waals surface area contributed by atoms with Gasteiger partial charge in [-0.2, -0.15) is 0 Å². The number of halogens is 1. The smallest absolute Gasteiger partial charge is 0.264 e. The fraction of sp³-hybridized carbons (Fsp3) is 0.240. The van der Waals surface area contributed by atoms with E-state index in [9.17, 15) is 17.6 Å². The lowest BCUT2D eigenvalue weighted by molar-refractivity contribution is -0.120. The van der Waals surface area contributed by atoms with Gasteiger partial charge >= 0.3 is 0 Å². The molecule has 0 aromatic heterocycles. The van der Waals surface area contributed by atoms with Crippen LogP contribution in [0.3, 0.4) is 0 Å². The summed E-state index contributed by atoms with van der Waals surface area (Å²) >= 11 is 1.48. The third-order valence-corrected chi connectivity index (χ3v) is 7.63. The fourth-order valence-corrected chi connectivity index (χ4v) is 5.16. The third-order valence-electron chi connectivity index (χ3n) is 5.10. The lowest BCUT2D eigenvalue weighted by Crippen LogP contribution is -2.41. The lowest BCUT2D eigenvalue weighted by atomic mass is 10.1. The van der Waals surface area contributed by atoms with Crippen LogP contribution in [0, 0.1) is 5.82 Å². The van der Waals surface area contributed by atoms with E-state index in [0.717, 1.165) is 26.6 Å². The van der Waals surface area contributed by atoms with Crippen LogP contribution in [0.25, 0.3) is 0 Å². The number of nitrogens with one attached hydrogen (secondary N) is 1. The summed E-state index contributed by atoms with van der Waals surface area (Å²) in [7, 11) is -4.12. The number of hydrogen-bond donors (Lipinski definition) is 1. The van der Waals surface area contributed by atoms with E-state index in [-0.39, 0.29) is 16.6 Å². The first kappa shape index (κ1) is 25.6. The second-order valence-electron chi connectivity index (χ2n) is 7.46. The van der Waals surface area contributed by atoms with Crippen molar-refractivity contribution < 1.29 is 22.3 Å². The molecule has 0 heterocycles. The van der Waals surface area contributed by atoms with Crippen LogP contribution in [0.4, 0.5) is 10.1 Å². The maximum Gasteiger partial charge on any atom is 0.264 e. The molecule has 6 nitrogen and oxygen atoms in total. The van der Waals surface area contributed by atoms with Crippen molar-refractivity contribution in [2.75, 3.05) is 23.7 Å². The Bertz CT molecular complexity index is 1220. The Kier molecular flexibility index (Phi) is 8.57. The van der Waals surface area contributed by atoms with Gasteiger partial charge in [-0.1, -0.05) is 18.2 Å². The molecule has 34 heavy (non-hydrogen) atoms. The van der Waals surface area contributed by atoms with Gasteiger partial charge in [-0.05, 0) is 80.3 Å². The average molecular weight is 503 g/mol. The number of ether oxygens (including phenoxy) is 1. The van der Waals surface area contributed by atoms with E-state index in [1.807, 2.05) is 37.4 Å². The molecular weight excluding hydrogens is 475 g/mol. The average Bonchev–Trinajstić information content (AvgIpc) is 2.83. The summed E-state index contributed by atoms with van der Waals surface area (Å²) < 4.78 is 47.2. The molecule has 1 N–H and O–H groups in total. The van der Waals surface area contributed by atoms with E-state index in [1.54, 1.807) is 19.1 Å². The first-order valence-corrected chi connectivity index (χ1v) is 13.4. The molecule has 0 fully saturated rings. The highest BCUT2D eigenvalue weighted by molar-refractivity contribution is 7.98. The molecule has 1 amide bonds. The van der Waals surface area contributed by atoms with E-state index in [1.165, 1.54) is 42.1 Å². The van der Waals surface area contributed by atoms with Gasteiger partial charge in [-0.25, -0.2) is 12.8 Å². The summed E-state index contributed by atoms with van der Waals surface area (Å²) in [5.74, 6) is -0.394. The molecule has 0 saturated heterocycles. The van der Waals surface area contributed by atoms with Gasteiger partial charge in [0.05, 0.1) is 23.2 Å². The van der Waals surface area contributed by atoms with Crippen molar-refractivity contribution in [3.05, 3.63) is 84.2 Å². The molecule has 180 valence electrons. The molecule has 0 aliphatic rings. The van der Waals surface area contributed by atoms with Crippen LogP contribution in [0.2, 0.25) is 0 Å². The summed E-state index contributed by atoms with van der Waals surface area (Å²) in [5, 5.41) is 2.82. The number of sulfonamides is 1. The van der Waals surface area contributed by atoms with Gasteiger partial charge in [-0.15, -0.1) is 11.8 Å². The summed E-state index contributed by atoms with van der Waals surface area (Å²) in [6, 6.07) is 18.4. The van der Waals surface area contributed by atoms with E-state index < -0.39 is 28.3 Å². The summed E-state index contributed by atoms with van der Waals surface area (Å²) in [6.45, 7) is 3.75. The second-order valence-corrected chi connectivity index (χ2v) is 10.2. The Morgan fingerprint density at radius 2 is 1.76 bits per heavy atom. The highest BCUT2D eigenvalue weighted by Gasteiger charge is 2.28. The first-order chi connectivity index (χ1) is 16.2. The van der Waals surface area contributed by atoms with Crippen LogP contribution < -0.4 is 14.4 Å². The molecule has 3 rings (SSSR count). The van der Waals surface area contributed by atoms with Gasteiger partial charge in [0.25, 0.3) is 10.0 Å². The van der Waals surface area contributed by atoms with Crippen LogP contribution in [0.15, 0.2) is 82.6 Å². The largest absolute Gasteiger partial charge is 0.494 e. The zero-order valence-corrected chi connectivity index (χ0v) is 20.8. The number of nitrogens with zero attached hydrogens (tertiary/aromatic N) is 1. The van der Waals surface area contributed by atoms with Crippen LogP contribution >= 0.6 is 11.8 Å². The number of carbonyl (C=O) groups excluding carboxylic acids is 1. The van der Waals surface area contributed by atoms with Gasteiger partial charge < -0.3 is 10.1 Å². The molecule has 0 aliphatic heterocycles. The van der Waals surface area contributed by atoms with E-state index >= 15 is 0 Å². The van der Waals surface area contributed by atoms with Gasteiger partial charge in [0.2, 0.25) is 5.91 Å². The quantitative estimate of drug-likeness (QED) is 0.394. The molecule has 1 atom stereocenters. The van der Waals surface area contributed by atoms with Crippen molar-refractivity contribution in [1.82, 2.24) is 5.32 Å². The Labute approximate surface area is 204 Å². The van der Waals surface area contributed by atoms with Crippen molar-refractivity contribution >= 4 is 33.4 Å². The number of carbonyl (C=O) groups is 1. The Balaban J connectivity index is 1.84. The molecule has 1 unspecified atom stereocenters. The van der Waals surface area contributed by atoms with E-state index in [0.29, 0.717) is 6.61 Å². The predicted molar refractivity (Wildman–Crippen MR) is 133 cm³/mol. The number of benzene rings is 3. The number of hydrogen-bond acceptors (Lipinski definition) is 5. The minimum atomic E-state index is -4.12. The maximum absolute atomic E-state index is 13.9. The third kappa shape index (κ3) is 6.30. The summed E-state index contributed by atoms with van der Waals surface area (Å²) in [5.41, 5.74) is 0.905. The van der Waals surface area contributed by atoms with Crippen LogP contribution in [0.1, 0.15) is 25.5 Å². The molecule has 0 spiro atoms. The molecule has 9 heteroatoms. The molecule has 0 bridgehead atoms. The fourth-order valence-electron chi connectivity index (χ4n) is 3.34. The SMILES string of the molecule is CCOc1ccc(C(C)NC(=O)CN(c2cccc(F)c2)S(=O)(=O)c2ccc(SC)cc2)cc1. The molecule has 0 aliphatic carbocycles. The molecule has 3 aromatic rings. The Morgan fingerprint density at radius 3 is 2.35 bits per heavy atom. The van der Waals surface area contributed by atoms with Crippen molar-refractivity contribution in [1.29, 1.82) is 0 Å². The monoisotopic (exact) mass is 502 g/mol. The van der Waals surface area contributed by atoms with Crippen LogP contribution in [-0.4, -0.2) is 33.7 Å². The number of rotatable bonds is 10. The van der Waals surface area contributed by atoms with Crippen molar-refractivity contribution in [2.45, 2.75) is 29.7 Å². The molecule has 3 aromatic carbocycles.